The molecular weight excluding hydrogens is 850 g/mol. The molecule has 0 atom stereocenters. The molecule has 0 saturated carbocycles. The van der Waals surface area contributed by atoms with Gasteiger partial charge in [-0.15, -0.1) is 0 Å². The Hall–Kier alpha value is -6.52. The molecule has 0 amide bonds. The normalized spacial score (nSPS) is 14.1. The molecule has 0 bridgehead atoms. The van der Waals surface area contributed by atoms with Crippen LogP contribution < -0.4 is 25.9 Å². The van der Waals surface area contributed by atoms with E-state index in [1.54, 1.807) is 0 Å². The van der Waals surface area contributed by atoms with Crippen LogP contribution in [-0.4, -0.2) is 11.3 Å². The number of aromatic nitrogens is 1. The number of rotatable bonds is 2. The molecule has 0 radical (unpaired) electrons. The van der Waals surface area contributed by atoms with Crippen molar-refractivity contribution in [3.8, 4) is 39.8 Å². The highest BCUT2D eigenvalue weighted by molar-refractivity contribution is 6.98. The predicted molar refractivity (Wildman–Crippen MR) is 301 cm³/mol. The smallest absolute Gasteiger partial charge is 0.260 e. The van der Waals surface area contributed by atoms with Gasteiger partial charge >= 0.3 is 0 Å². The first kappa shape index (κ1) is 44.7. The van der Waals surface area contributed by atoms with Gasteiger partial charge in [0.25, 0.3) is 6.71 Å². The summed E-state index contributed by atoms with van der Waals surface area (Å²) in [5.74, 6) is 3.52. The maximum atomic E-state index is 7.20. The van der Waals surface area contributed by atoms with Gasteiger partial charge in [0.05, 0.1) is 11.0 Å². The number of ether oxygens (including phenoxy) is 2. The molecule has 0 unspecified atom stereocenters. The summed E-state index contributed by atoms with van der Waals surface area (Å²) in [7, 11) is 0. The van der Waals surface area contributed by atoms with Gasteiger partial charge in [0.2, 0.25) is 0 Å². The van der Waals surface area contributed by atoms with Crippen molar-refractivity contribution in [1.29, 1.82) is 0 Å². The van der Waals surface area contributed by atoms with Crippen molar-refractivity contribution < 1.29 is 9.47 Å². The number of fused-ring (bicyclic) bond motifs is 7. The summed E-state index contributed by atoms with van der Waals surface area (Å²) in [6, 6.07) is 49.4. The van der Waals surface area contributed by atoms with Gasteiger partial charge in [0, 0.05) is 28.0 Å². The molecule has 0 aliphatic carbocycles. The van der Waals surface area contributed by atoms with E-state index in [0.717, 1.165) is 45.1 Å². The van der Waals surface area contributed by atoms with Crippen molar-refractivity contribution in [1.82, 2.24) is 4.57 Å². The molecule has 1 aromatic heterocycles. The zero-order valence-corrected chi connectivity index (χ0v) is 44.0. The van der Waals surface area contributed by atoms with Gasteiger partial charge in [-0.05, 0) is 170 Å². The van der Waals surface area contributed by atoms with Crippen LogP contribution in [0.25, 0.3) is 70.9 Å². The highest BCUT2D eigenvalue weighted by Crippen LogP contribution is 2.46. The third kappa shape index (κ3) is 6.91. The minimum atomic E-state index is -0.118. The van der Waals surface area contributed by atoms with Crippen LogP contribution in [0.4, 0.5) is 0 Å². The standard InChI is InChI=1S/C66H66BNO2/c1-62(2,3)41-19-23-53-48(31-41)49-32-42(63(4,5)6)20-24-54(49)68(53)46-21-22-51-56(36-46)70-58-35-45(66(13,14)15)34-57-61(58)67(51)52-30-37(18-25-55(52)69-57)47-29-40-28-43(64(7,8)9)26-38-16-17-39-27-44(65(10,11)12)33-50(47)60(39)59(38)40/h16-36H,1-15H3. The fraction of sp³-hybridized carbons (Fsp3) is 0.303. The lowest BCUT2D eigenvalue weighted by atomic mass is 9.34. The van der Waals surface area contributed by atoms with Gasteiger partial charge in [-0.2, -0.15) is 0 Å². The summed E-state index contributed by atoms with van der Waals surface area (Å²) in [6.07, 6.45) is 0. The van der Waals surface area contributed by atoms with E-state index in [0.29, 0.717) is 0 Å². The van der Waals surface area contributed by atoms with Gasteiger partial charge in [0.1, 0.15) is 23.0 Å². The first-order valence-corrected chi connectivity index (χ1v) is 25.5. The lowest BCUT2D eigenvalue weighted by Crippen LogP contribution is -2.57. The second-order valence-corrected chi connectivity index (χ2v) is 26.0. The van der Waals surface area contributed by atoms with E-state index in [2.05, 4.69) is 236 Å². The Labute approximate surface area is 415 Å². The summed E-state index contributed by atoms with van der Waals surface area (Å²) < 4.78 is 16.7. The molecule has 12 rings (SSSR count). The fourth-order valence-electron chi connectivity index (χ4n) is 11.5. The average Bonchev–Trinajstić information content (AvgIpc) is 3.61. The molecule has 2 aliphatic rings. The molecule has 9 aromatic carbocycles. The van der Waals surface area contributed by atoms with Crippen LogP contribution in [0.15, 0.2) is 127 Å². The number of benzene rings is 9. The van der Waals surface area contributed by atoms with Crippen molar-refractivity contribution in [2.45, 2.75) is 131 Å². The third-order valence-electron chi connectivity index (χ3n) is 15.8. The molecule has 0 N–H and O–H groups in total. The molecule has 10 aromatic rings. The molecule has 350 valence electrons. The quantitative estimate of drug-likeness (QED) is 0.127. The first-order chi connectivity index (χ1) is 32.8. The van der Waals surface area contributed by atoms with E-state index < -0.39 is 0 Å². The van der Waals surface area contributed by atoms with Crippen molar-refractivity contribution in [2.75, 3.05) is 0 Å². The van der Waals surface area contributed by atoms with Gasteiger partial charge in [-0.3, -0.25) is 0 Å². The zero-order chi connectivity index (χ0) is 49.4. The summed E-state index contributed by atoms with van der Waals surface area (Å²) in [5.41, 5.74) is 15.8. The van der Waals surface area contributed by atoms with Gasteiger partial charge < -0.3 is 14.0 Å². The zero-order valence-electron chi connectivity index (χ0n) is 44.0. The number of hydrogen-bond acceptors (Lipinski definition) is 2. The van der Waals surface area contributed by atoms with E-state index in [-0.39, 0.29) is 33.8 Å². The molecule has 0 spiro atoms. The van der Waals surface area contributed by atoms with Gasteiger partial charge in [-0.1, -0.05) is 165 Å². The summed E-state index contributed by atoms with van der Waals surface area (Å²) in [4.78, 5) is 0. The van der Waals surface area contributed by atoms with Crippen molar-refractivity contribution in [3.05, 3.63) is 155 Å². The van der Waals surface area contributed by atoms with Crippen LogP contribution in [0.1, 0.15) is 132 Å². The van der Waals surface area contributed by atoms with Gasteiger partial charge in [-0.25, -0.2) is 0 Å². The van der Waals surface area contributed by atoms with E-state index in [1.165, 1.54) is 93.1 Å². The molecular formula is C66H66BNO2. The molecule has 4 heteroatoms. The Kier molecular flexibility index (Phi) is 9.28. The molecule has 0 saturated heterocycles. The van der Waals surface area contributed by atoms with Crippen molar-refractivity contribution >= 4 is 77.2 Å². The largest absolute Gasteiger partial charge is 0.458 e. The maximum absolute atomic E-state index is 7.20. The minimum absolute atomic E-state index is 0.00850. The topological polar surface area (TPSA) is 23.4 Å². The molecule has 0 fully saturated rings. The van der Waals surface area contributed by atoms with E-state index >= 15 is 0 Å². The second kappa shape index (κ2) is 14.5. The third-order valence-corrected chi connectivity index (χ3v) is 15.8. The molecule has 70 heavy (non-hydrogen) atoms. The Morgan fingerprint density at radius 3 is 1.43 bits per heavy atom. The average molecular weight is 916 g/mol. The van der Waals surface area contributed by atoms with E-state index in [4.69, 9.17) is 9.47 Å². The van der Waals surface area contributed by atoms with Crippen LogP contribution in [0.3, 0.4) is 0 Å². The Morgan fingerprint density at radius 1 is 0.357 bits per heavy atom. The Morgan fingerprint density at radius 2 is 0.857 bits per heavy atom. The fourth-order valence-corrected chi connectivity index (χ4v) is 11.5. The van der Waals surface area contributed by atoms with Gasteiger partial charge in [0.15, 0.2) is 0 Å². The lowest BCUT2D eigenvalue weighted by molar-refractivity contribution is 0.458. The Bertz CT molecular complexity index is 3780. The highest BCUT2D eigenvalue weighted by Gasteiger charge is 2.42. The molecule has 3 heterocycles. The molecule has 3 nitrogen and oxygen atoms in total. The minimum Gasteiger partial charge on any atom is -0.458 e. The first-order valence-electron chi connectivity index (χ1n) is 25.5. The Balaban J connectivity index is 1.09. The van der Waals surface area contributed by atoms with E-state index in [1.807, 2.05) is 0 Å². The van der Waals surface area contributed by atoms with Crippen LogP contribution in [0.5, 0.6) is 23.0 Å². The van der Waals surface area contributed by atoms with Crippen LogP contribution in [0.2, 0.25) is 0 Å². The van der Waals surface area contributed by atoms with Crippen molar-refractivity contribution in [2.24, 2.45) is 0 Å². The summed E-state index contributed by atoms with van der Waals surface area (Å²) in [5, 5.41) is 10.4. The van der Waals surface area contributed by atoms with Crippen LogP contribution in [0, 0.1) is 0 Å². The predicted octanol–water partition coefficient (Wildman–Crippen LogP) is 16.6. The summed E-state index contributed by atoms with van der Waals surface area (Å²) in [6.45, 7) is 34.4. The second-order valence-electron chi connectivity index (χ2n) is 26.0. The summed E-state index contributed by atoms with van der Waals surface area (Å²) >= 11 is 0. The number of hydrogen-bond donors (Lipinski definition) is 0. The monoisotopic (exact) mass is 916 g/mol. The van der Waals surface area contributed by atoms with Crippen LogP contribution in [-0.2, 0) is 27.1 Å². The SMILES string of the molecule is CC(C)(C)c1cc2c3c(c1)Oc1ccc(-c4cc5cc(C(C)(C)C)cc6ccc7cc(C(C)(C)C)cc4c7c65)cc1B3c1ccc(-n3c4ccc(C(C)(C)C)cc4c4cc(C(C)(C)C)ccc43)cc1O2. The van der Waals surface area contributed by atoms with Crippen LogP contribution >= 0.6 is 0 Å². The lowest BCUT2D eigenvalue weighted by Gasteiger charge is -2.35. The van der Waals surface area contributed by atoms with E-state index in [9.17, 15) is 0 Å². The highest BCUT2D eigenvalue weighted by atomic mass is 16.5. The maximum Gasteiger partial charge on any atom is 0.260 e. The van der Waals surface area contributed by atoms with Crippen molar-refractivity contribution in [3.63, 3.8) is 0 Å². The molecule has 2 aliphatic heterocycles. The number of nitrogens with zero attached hydrogens (tertiary/aromatic N) is 1.